The van der Waals surface area contributed by atoms with Gasteiger partial charge in [0.2, 0.25) is 10.2 Å². The summed E-state index contributed by atoms with van der Waals surface area (Å²) in [5.41, 5.74) is 5.52. The van der Waals surface area contributed by atoms with Crippen LogP contribution < -0.4 is 19.4 Å². The van der Waals surface area contributed by atoms with Gasteiger partial charge in [-0.05, 0) is 114 Å². The first-order valence-corrected chi connectivity index (χ1v) is 28.7. The molecule has 0 fully saturated rings. The summed E-state index contributed by atoms with van der Waals surface area (Å²) in [5.74, 6) is 0. The van der Waals surface area contributed by atoms with E-state index in [0.29, 0.717) is 33.2 Å². The number of rotatable bonds is 12. The van der Waals surface area contributed by atoms with Gasteiger partial charge in [0.25, 0.3) is 0 Å². The minimum Gasteiger partial charge on any atom is -0.281 e. The molecule has 1 aromatic carbocycles. The first kappa shape index (κ1) is 40.4. The zero-order valence-electron chi connectivity index (χ0n) is 33.5. The Hall–Kier alpha value is -1.77. The van der Waals surface area contributed by atoms with Crippen LogP contribution in [-0.4, -0.2) is 26.4 Å². The lowest BCUT2D eigenvalue weighted by Crippen LogP contribution is -2.54. The third-order valence-corrected chi connectivity index (χ3v) is 34.9. The maximum Gasteiger partial charge on any atom is 0.226 e. The van der Waals surface area contributed by atoms with Crippen molar-refractivity contribution < 1.29 is 9.59 Å². The van der Waals surface area contributed by atoms with Crippen molar-refractivity contribution in [3.63, 3.8) is 0 Å². The molecule has 2 aliphatic rings. The first-order chi connectivity index (χ1) is 25.5. The maximum atomic E-state index is 13.7. The fourth-order valence-corrected chi connectivity index (χ4v) is 34.8. The van der Waals surface area contributed by atoms with E-state index in [4.69, 9.17) is 0 Å². The average Bonchev–Trinajstić information content (AvgIpc) is 3.92. The fraction of sp³-hybridized carbons (Fsp3) is 0.409. The van der Waals surface area contributed by atoms with Gasteiger partial charge in [-0.15, -0.1) is 45.3 Å². The molecule has 0 spiro atoms. The second kappa shape index (κ2) is 15.2. The molecule has 284 valence electrons. The van der Waals surface area contributed by atoms with E-state index in [1.165, 1.54) is 43.0 Å². The lowest BCUT2D eigenvalue weighted by Gasteiger charge is -2.42. The molecule has 7 rings (SSSR count). The largest absolute Gasteiger partial charge is 0.281 e. The van der Waals surface area contributed by atoms with Gasteiger partial charge in [-0.25, -0.2) is 0 Å². The Kier molecular flexibility index (Phi) is 11.4. The van der Waals surface area contributed by atoms with Crippen LogP contribution in [0.5, 0.6) is 0 Å². The SMILES string of the molecule is CC(C)[Si](c1ccc(-c2ccc(C3=c4cc5c(cc4SC3=O)=C(c3ccc(-c4ccc([Si](C(C)C)(C(C)C)C(C)C)s4)s3)C(=O)S5)s2)s1)(C(C)C)C(C)C. The summed E-state index contributed by atoms with van der Waals surface area (Å²) in [5, 5.41) is 2.10. The van der Waals surface area contributed by atoms with E-state index in [1.54, 1.807) is 31.7 Å². The highest BCUT2D eigenvalue weighted by Gasteiger charge is 2.46. The number of carbonyl (C=O) groups is 2. The molecule has 5 aromatic rings. The highest BCUT2D eigenvalue weighted by Crippen LogP contribution is 2.47. The number of fused-ring (bicyclic) bond motifs is 2. The Morgan fingerprint density at radius 1 is 0.389 bits per heavy atom. The van der Waals surface area contributed by atoms with Crippen molar-refractivity contribution in [2.24, 2.45) is 0 Å². The summed E-state index contributed by atoms with van der Waals surface area (Å²) < 4.78 is 3.18. The Balaban J connectivity index is 1.24. The van der Waals surface area contributed by atoms with E-state index in [2.05, 4.69) is 144 Å². The summed E-state index contributed by atoms with van der Waals surface area (Å²) in [6, 6.07) is 22.3. The molecule has 54 heavy (non-hydrogen) atoms. The van der Waals surface area contributed by atoms with Crippen LogP contribution in [0.15, 0.2) is 70.5 Å². The molecule has 0 amide bonds. The van der Waals surface area contributed by atoms with Crippen molar-refractivity contribution in [2.75, 3.05) is 0 Å². The Bertz CT molecular complexity index is 2170. The van der Waals surface area contributed by atoms with E-state index in [9.17, 15) is 9.59 Å². The van der Waals surface area contributed by atoms with E-state index in [-0.39, 0.29) is 10.2 Å². The summed E-state index contributed by atoms with van der Waals surface area (Å²) in [6.45, 7) is 29.1. The van der Waals surface area contributed by atoms with E-state index in [0.717, 1.165) is 41.1 Å². The van der Waals surface area contributed by atoms with Crippen molar-refractivity contribution >= 4 is 115 Å². The minimum atomic E-state index is -1.74. The summed E-state index contributed by atoms with van der Waals surface area (Å²) in [6.07, 6.45) is 0. The molecule has 0 bridgehead atoms. The van der Waals surface area contributed by atoms with Gasteiger partial charge in [-0.3, -0.25) is 9.59 Å². The van der Waals surface area contributed by atoms with E-state index < -0.39 is 16.1 Å². The molecule has 2 nitrogen and oxygen atoms in total. The highest BCUT2D eigenvalue weighted by molar-refractivity contribution is 8.15. The normalized spacial score (nSPS) is 15.1. The van der Waals surface area contributed by atoms with Gasteiger partial charge in [0.1, 0.15) is 16.1 Å². The number of hydrogen-bond acceptors (Lipinski definition) is 8. The zero-order valence-corrected chi connectivity index (χ0v) is 40.4. The van der Waals surface area contributed by atoms with Crippen LogP contribution >= 0.6 is 68.9 Å². The molecule has 0 saturated carbocycles. The van der Waals surface area contributed by atoms with Crippen molar-refractivity contribution in [3.8, 4) is 19.5 Å². The zero-order chi connectivity index (χ0) is 39.0. The second-order valence-electron chi connectivity index (χ2n) is 16.8. The Labute approximate surface area is 348 Å². The van der Waals surface area contributed by atoms with Crippen LogP contribution in [-0.2, 0) is 9.59 Å². The fourth-order valence-electron chi connectivity index (χ4n) is 10.4. The number of thiophene rings is 4. The molecule has 10 heteroatoms. The topological polar surface area (TPSA) is 34.1 Å². The molecular weight excluding hydrogens is 809 g/mol. The maximum absolute atomic E-state index is 13.7. The second-order valence-corrected chi connectivity index (χ2v) is 35.7. The Morgan fingerprint density at radius 3 is 0.981 bits per heavy atom. The van der Waals surface area contributed by atoms with Gasteiger partial charge < -0.3 is 0 Å². The standard InChI is InChI=1S/C44H52O2S6Si2/c1-23(2)53(24(3)4,25(5)6)39-19-17-33(49-39)31-13-15-35(47-31)41-29-21-38-30(22-37(29)51-43(41)45)42(44(46)52-38)36-16-14-32(48-36)34-18-20-40(50-34)54(26(7)8,27(9)10)28(11)12/h13-28H,1-12H3. The van der Waals surface area contributed by atoms with Crippen molar-refractivity contribution in [1.82, 2.24) is 0 Å². The monoisotopic (exact) mass is 860 g/mol. The highest BCUT2D eigenvalue weighted by atomic mass is 32.2. The van der Waals surface area contributed by atoms with Crippen molar-refractivity contribution in [1.29, 1.82) is 0 Å². The van der Waals surface area contributed by atoms with Gasteiger partial charge in [0.05, 0.1) is 11.1 Å². The summed E-state index contributed by atoms with van der Waals surface area (Å²) in [4.78, 5) is 36.4. The van der Waals surface area contributed by atoms with Crippen molar-refractivity contribution in [3.05, 3.63) is 80.9 Å². The molecule has 0 radical (unpaired) electrons. The number of benzene rings is 1. The van der Waals surface area contributed by atoms with Gasteiger partial charge in [0.15, 0.2) is 0 Å². The van der Waals surface area contributed by atoms with Gasteiger partial charge in [-0.1, -0.05) is 95.2 Å². The third-order valence-electron chi connectivity index (χ3n) is 12.4. The van der Waals surface area contributed by atoms with E-state index >= 15 is 0 Å². The predicted octanol–water partition coefficient (Wildman–Crippen LogP) is 12.7. The lowest BCUT2D eigenvalue weighted by molar-refractivity contribution is -0.106. The van der Waals surface area contributed by atoms with Crippen LogP contribution in [0.2, 0.25) is 33.2 Å². The minimum absolute atomic E-state index is 0.0911. The molecule has 0 atom stereocenters. The van der Waals surface area contributed by atoms with Crippen molar-refractivity contribution in [2.45, 2.75) is 126 Å². The molecule has 0 N–H and O–H groups in total. The predicted molar refractivity (Wildman–Crippen MR) is 249 cm³/mol. The Morgan fingerprint density at radius 2 is 0.667 bits per heavy atom. The van der Waals surface area contributed by atoms with Gasteiger partial charge >= 0.3 is 0 Å². The first-order valence-electron chi connectivity index (χ1n) is 19.3. The molecule has 2 aliphatic heterocycles. The third kappa shape index (κ3) is 6.37. The molecule has 0 aliphatic carbocycles. The molecule has 0 unspecified atom stereocenters. The van der Waals surface area contributed by atoms with Crippen LogP contribution in [0.4, 0.5) is 0 Å². The van der Waals surface area contributed by atoms with Crippen LogP contribution in [0.3, 0.4) is 0 Å². The number of carbonyl (C=O) groups excluding carboxylic acids is 2. The molecule has 6 heterocycles. The van der Waals surface area contributed by atoms with Crippen LogP contribution in [0.1, 0.15) is 92.8 Å². The van der Waals surface area contributed by atoms with E-state index in [1.807, 2.05) is 22.7 Å². The molecule has 4 aromatic heterocycles. The molecule has 0 saturated heterocycles. The van der Waals surface area contributed by atoms with Gasteiger partial charge in [0, 0.05) is 49.5 Å². The summed E-state index contributed by atoms with van der Waals surface area (Å²) in [7, 11) is -3.48. The lowest BCUT2D eigenvalue weighted by atomic mass is 10.1. The smallest absolute Gasteiger partial charge is 0.226 e. The van der Waals surface area contributed by atoms with Crippen LogP contribution in [0.25, 0.3) is 30.7 Å². The molecular formula is C44H52O2S6Si2. The quantitative estimate of drug-likeness (QED) is 0.117. The van der Waals surface area contributed by atoms with Crippen LogP contribution in [0, 0.1) is 0 Å². The average molecular weight is 861 g/mol. The number of thioether (sulfide) groups is 2. The number of hydrogen-bond donors (Lipinski definition) is 0. The van der Waals surface area contributed by atoms with Gasteiger partial charge in [-0.2, -0.15) is 0 Å². The summed E-state index contributed by atoms with van der Waals surface area (Å²) >= 11 is 10.0.